The minimum atomic E-state index is -0.469. The van der Waals surface area contributed by atoms with E-state index < -0.39 is 5.54 Å². The lowest BCUT2D eigenvalue weighted by molar-refractivity contribution is -0.126. The number of hydrogen-bond donors (Lipinski definition) is 2. The number of primary amides is 1. The third kappa shape index (κ3) is 2.52. The molecule has 4 heteroatoms. The summed E-state index contributed by atoms with van der Waals surface area (Å²) in [6.45, 7) is 6.48. The monoisotopic (exact) mass is 265 g/mol. The smallest absolute Gasteiger partial charge is 0.239 e. The number of hydrogen-bond acceptors (Lipinski definition) is 3. The van der Waals surface area contributed by atoms with Crippen molar-refractivity contribution < 1.29 is 4.79 Å². The van der Waals surface area contributed by atoms with Crippen molar-refractivity contribution in [2.45, 2.75) is 69.5 Å². The van der Waals surface area contributed by atoms with Crippen LogP contribution in [0.3, 0.4) is 0 Å². The Morgan fingerprint density at radius 1 is 1.37 bits per heavy atom. The van der Waals surface area contributed by atoms with Crippen LogP contribution in [0.2, 0.25) is 0 Å². The van der Waals surface area contributed by atoms with Crippen LogP contribution in [0.25, 0.3) is 0 Å². The molecule has 0 spiro atoms. The maximum absolute atomic E-state index is 12.2. The largest absolute Gasteiger partial charge is 0.368 e. The molecule has 0 bridgehead atoms. The Morgan fingerprint density at radius 2 is 2.05 bits per heavy atom. The van der Waals surface area contributed by atoms with Crippen molar-refractivity contribution in [2.75, 3.05) is 13.1 Å². The van der Waals surface area contributed by atoms with Gasteiger partial charge in [0.2, 0.25) is 5.91 Å². The highest BCUT2D eigenvalue weighted by Crippen LogP contribution is 2.43. The van der Waals surface area contributed by atoms with Crippen LogP contribution >= 0.6 is 0 Å². The SMILES string of the molecule is CC1(C)CCCN1CC(NC1CC1)(C(N)=O)C1CC1. The van der Waals surface area contributed by atoms with Gasteiger partial charge in [0.25, 0.3) is 0 Å². The molecule has 0 aromatic rings. The Balaban J connectivity index is 1.79. The van der Waals surface area contributed by atoms with Gasteiger partial charge in [-0.2, -0.15) is 0 Å². The van der Waals surface area contributed by atoms with Crippen molar-refractivity contribution >= 4 is 5.91 Å². The molecule has 1 unspecified atom stereocenters. The quantitative estimate of drug-likeness (QED) is 0.760. The van der Waals surface area contributed by atoms with E-state index in [9.17, 15) is 4.79 Å². The Hall–Kier alpha value is -0.610. The molecule has 2 aliphatic carbocycles. The van der Waals surface area contributed by atoms with Gasteiger partial charge in [0.05, 0.1) is 0 Å². The second-order valence-corrected chi connectivity index (χ2v) is 7.37. The predicted octanol–water partition coefficient (Wildman–Crippen LogP) is 1.25. The van der Waals surface area contributed by atoms with E-state index in [1.54, 1.807) is 0 Å². The summed E-state index contributed by atoms with van der Waals surface area (Å²) in [4.78, 5) is 14.7. The minimum absolute atomic E-state index is 0.135. The fourth-order valence-corrected chi connectivity index (χ4v) is 3.57. The number of rotatable bonds is 6. The molecule has 1 atom stereocenters. The van der Waals surface area contributed by atoms with E-state index in [0.717, 1.165) is 25.9 Å². The van der Waals surface area contributed by atoms with Gasteiger partial charge in [0.15, 0.2) is 0 Å². The molecule has 1 heterocycles. The molecule has 0 radical (unpaired) electrons. The maximum Gasteiger partial charge on any atom is 0.239 e. The van der Waals surface area contributed by atoms with Crippen molar-refractivity contribution in [2.24, 2.45) is 11.7 Å². The van der Waals surface area contributed by atoms with Gasteiger partial charge in [-0.05, 0) is 64.8 Å². The summed E-state index contributed by atoms with van der Waals surface area (Å²) in [7, 11) is 0. The van der Waals surface area contributed by atoms with Crippen LogP contribution in [0.5, 0.6) is 0 Å². The van der Waals surface area contributed by atoms with Crippen molar-refractivity contribution in [3.05, 3.63) is 0 Å². The number of nitrogens with two attached hydrogens (primary N) is 1. The van der Waals surface area contributed by atoms with Crippen LogP contribution in [0.15, 0.2) is 0 Å². The Morgan fingerprint density at radius 3 is 2.47 bits per heavy atom. The summed E-state index contributed by atoms with van der Waals surface area (Å²) >= 11 is 0. The van der Waals surface area contributed by atoms with Gasteiger partial charge in [-0.1, -0.05) is 0 Å². The Labute approximate surface area is 116 Å². The average Bonchev–Trinajstić information content (AvgIpc) is 3.20. The molecule has 108 valence electrons. The standard InChI is InChI=1S/C15H27N3O/c1-14(2)8-3-9-18(14)10-15(13(16)19,11-4-5-11)17-12-6-7-12/h11-12,17H,3-10H2,1-2H3,(H2,16,19). The van der Waals surface area contributed by atoms with Gasteiger partial charge in [0.1, 0.15) is 5.54 Å². The zero-order valence-electron chi connectivity index (χ0n) is 12.2. The molecule has 1 aliphatic heterocycles. The van der Waals surface area contributed by atoms with Gasteiger partial charge in [-0.25, -0.2) is 0 Å². The summed E-state index contributed by atoms with van der Waals surface area (Å²) in [5, 5.41) is 3.61. The molecule has 3 N–H and O–H groups in total. The van der Waals surface area contributed by atoms with Crippen LogP contribution in [-0.4, -0.2) is 41.0 Å². The van der Waals surface area contributed by atoms with Crippen LogP contribution in [0.4, 0.5) is 0 Å². The topological polar surface area (TPSA) is 58.4 Å². The van der Waals surface area contributed by atoms with Crippen molar-refractivity contribution in [1.29, 1.82) is 0 Å². The maximum atomic E-state index is 12.2. The second-order valence-electron chi connectivity index (χ2n) is 7.37. The predicted molar refractivity (Wildman–Crippen MR) is 75.7 cm³/mol. The summed E-state index contributed by atoms with van der Waals surface area (Å²) in [5.41, 5.74) is 5.57. The lowest BCUT2D eigenvalue weighted by Gasteiger charge is -2.41. The van der Waals surface area contributed by atoms with Gasteiger partial charge in [0, 0.05) is 18.1 Å². The molecule has 1 saturated heterocycles. The molecule has 3 rings (SSSR count). The molecule has 1 amide bonds. The summed E-state index contributed by atoms with van der Waals surface area (Å²) in [6, 6.07) is 0.527. The number of amides is 1. The first-order valence-corrected chi connectivity index (χ1v) is 7.77. The summed E-state index contributed by atoms with van der Waals surface area (Å²) < 4.78 is 0. The fourth-order valence-electron chi connectivity index (χ4n) is 3.57. The van der Waals surface area contributed by atoms with E-state index >= 15 is 0 Å². The lowest BCUT2D eigenvalue weighted by Crippen LogP contribution is -2.65. The zero-order chi connectivity index (χ0) is 13.7. The first-order chi connectivity index (χ1) is 8.94. The molecule has 3 aliphatic rings. The second kappa shape index (κ2) is 4.45. The number of carbonyl (C=O) groups is 1. The van der Waals surface area contributed by atoms with Gasteiger partial charge < -0.3 is 5.73 Å². The van der Waals surface area contributed by atoms with Gasteiger partial charge in [-0.15, -0.1) is 0 Å². The number of carbonyl (C=O) groups excluding carboxylic acids is 1. The van der Waals surface area contributed by atoms with Gasteiger partial charge >= 0.3 is 0 Å². The molecule has 3 fully saturated rings. The number of nitrogens with zero attached hydrogens (tertiary/aromatic N) is 1. The minimum Gasteiger partial charge on any atom is -0.368 e. The summed E-state index contributed by atoms with van der Waals surface area (Å²) in [5.74, 6) is 0.326. The van der Waals surface area contributed by atoms with E-state index in [4.69, 9.17) is 5.73 Å². The summed E-state index contributed by atoms with van der Waals surface area (Å²) in [6.07, 6.45) is 7.15. The van der Waals surface area contributed by atoms with E-state index in [2.05, 4.69) is 24.1 Å². The third-order valence-electron chi connectivity index (χ3n) is 5.27. The molecule has 19 heavy (non-hydrogen) atoms. The highest BCUT2D eigenvalue weighted by Gasteiger charge is 2.54. The van der Waals surface area contributed by atoms with Crippen LogP contribution < -0.4 is 11.1 Å². The van der Waals surface area contributed by atoms with Crippen molar-refractivity contribution in [3.63, 3.8) is 0 Å². The fraction of sp³-hybridized carbons (Fsp3) is 0.933. The Bertz CT molecular complexity index is 374. The Kier molecular flexibility index (Phi) is 3.13. The lowest BCUT2D eigenvalue weighted by atomic mass is 9.89. The van der Waals surface area contributed by atoms with E-state index in [-0.39, 0.29) is 11.4 Å². The van der Waals surface area contributed by atoms with Crippen LogP contribution in [0, 0.1) is 5.92 Å². The first kappa shape index (κ1) is 13.4. The highest BCUT2D eigenvalue weighted by molar-refractivity contribution is 5.86. The van der Waals surface area contributed by atoms with Crippen LogP contribution in [0.1, 0.15) is 52.4 Å². The van der Waals surface area contributed by atoms with E-state index in [1.807, 2.05) is 0 Å². The van der Waals surface area contributed by atoms with E-state index in [1.165, 1.54) is 25.7 Å². The molecule has 2 saturated carbocycles. The molecule has 4 nitrogen and oxygen atoms in total. The molecule has 0 aromatic heterocycles. The molecule has 0 aromatic carbocycles. The first-order valence-electron chi connectivity index (χ1n) is 7.77. The third-order valence-corrected chi connectivity index (χ3v) is 5.27. The van der Waals surface area contributed by atoms with E-state index in [0.29, 0.717) is 12.0 Å². The molecular formula is C15H27N3O. The van der Waals surface area contributed by atoms with Gasteiger partial charge in [-0.3, -0.25) is 15.0 Å². The zero-order valence-corrected chi connectivity index (χ0v) is 12.2. The number of nitrogens with one attached hydrogen (secondary N) is 1. The normalized spacial score (nSPS) is 30.2. The van der Waals surface area contributed by atoms with Crippen molar-refractivity contribution in [3.8, 4) is 0 Å². The molecular weight excluding hydrogens is 238 g/mol. The highest BCUT2D eigenvalue weighted by atomic mass is 16.1. The van der Waals surface area contributed by atoms with Crippen molar-refractivity contribution in [1.82, 2.24) is 10.2 Å². The van der Waals surface area contributed by atoms with Crippen LogP contribution in [-0.2, 0) is 4.79 Å². The average molecular weight is 265 g/mol. The number of likely N-dealkylation sites (tertiary alicyclic amines) is 1.